The molecule has 0 atom stereocenters. The maximum Gasteiger partial charge on any atom is 0.533 e. The molecule has 0 bridgehead atoms. The van der Waals surface area contributed by atoms with Gasteiger partial charge in [0.2, 0.25) is 0 Å². The van der Waals surface area contributed by atoms with Crippen LogP contribution >= 0.6 is 0 Å². The standard InChI is InChI=1S/C14H15FO3Si/c1-17-19(16,18-2)14-8-6-11(7-9-14)12-4-3-5-13(15)10-12/h3-10,16H,1-2H3. The van der Waals surface area contributed by atoms with Crippen LogP contribution in [0.1, 0.15) is 0 Å². The summed E-state index contributed by atoms with van der Waals surface area (Å²) in [5, 5.41) is 0.609. The largest absolute Gasteiger partial charge is 0.533 e. The number of rotatable bonds is 4. The Labute approximate surface area is 112 Å². The lowest BCUT2D eigenvalue weighted by molar-refractivity contribution is 0.169. The summed E-state index contributed by atoms with van der Waals surface area (Å²) < 4.78 is 23.3. The summed E-state index contributed by atoms with van der Waals surface area (Å²) in [5.74, 6) is -0.277. The van der Waals surface area contributed by atoms with Crippen LogP contribution in [0.4, 0.5) is 4.39 Å². The number of halogens is 1. The van der Waals surface area contributed by atoms with E-state index in [-0.39, 0.29) is 5.82 Å². The highest BCUT2D eigenvalue weighted by molar-refractivity contribution is 6.74. The Morgan fingerprint density at radius 2 is 1.58 bits per heavy atom. The number of hydrogen-bond donors (Lipinski definition) is 1. The molecule has 0 unspecified atom stereocenters. The van der Waals surface area contributed by atoms with E-state index in [4.69, 9.17) is 8.85 Å². The van der Waals surface area contributed by atoms with Crippen molar-refractivity contribution in [3.63, 3.8) is 0 Å². The molecule has 3 nitrogen and oxygen atoms in total. The van der Waals surface area contributed by atoms with E-state index in [1.807, 2.05) is 6.07 Å². The van der Waals surface area contributed by atoms with Gasteiger partial charge in [-0.05, 0) is 23.3 Å². The van der Waals surface area contributed by atoms with Crippen molar-refractivity contribution in [1.29, 1.82) is 0 Å². The molecule has 2 rings (SSSR count). The lowest BCUT2D eigenvalue weighted by Gasteiger charge is -2.20. The smallest absolute Gasteiger partial charge is 0.386 e. The van der Waals surface area contributed by atoms with Crippen molar-refractivity contribution in [1.82, 2.24) is 0 Å². The molecule has 0 heterocycles. The van der Waals surface area contributed by atoms with Crippen LogP contribution in [0.15, 0.2) is 48.5 Å². The van der Waals surface area contributed by atoms with Crippen molar-refractivity contribution in [3.05, 3.63) is 54.3 Å². The molecule has 5 heteroatoms. The first-order valence-electron chi connectivity index (χ1n) is 5.78. The maximum atomic E-state index is 13.2. The van der Waals surface area contributed by atoms with E-state index in [0.717, 1.165) is 11.1 Å². The van der Waals surface area contributed by atoms with Gasteiger partial charge in [0.1, 0.15) is 5.82 Å². The molecule has 2 aromatic rings. The number of benzene rings is 2. The third-order valence-corrected chi connectivity index (χ3v) is 5.13. The van der Waals surface area contributed by atoms with Crippen LogP contribution in [0.2, 0.25) is 0 Å². The third kappa shape index (κ3) is 2.90. The monoisotopic (exact) mass is 278 g/mol. The quantitative estimate of drug-likeness (QED) is 0.869. The topological polar surface area (TPSA) is 38.7 Å². The fourth-order valence-electron chi connectivity index (χ4n) is 1.86. The molecule has 0 fully saturated rings. The second-order valence-electron chi connectivity index (χ2n) is 4.08. The van der Waals surface area contributed by atoms with Crippen molar-refractivity contribution in [2.24, 2.45) is 0 Å². The number of hydrogen-bond acceptors (Lipinski definition) is 3. The Kier molecular flexibility index (Phi) is 4.11. The Morgan fingerprint density at radius 3 is 2.11 bits per heavy atom. The van der Waals surface area contributed by atoms with E-state index in [1.54, 1.807) is 30.3 Å². The van der Waals surface area contributed by atoms with Crippen molar-refractivity contribution >= 4 is 14.0 Å². The minimum atomic E-state index is -3.28. The predicted molar refractivity (Wildman–Crippen MR) is 73.5 cm³/mol. The highest BCUT2D eigenvalue weighted by atomic mass is 28.4. The molecule has 0 amide bonds. The minimum absolute atomic E-state index is 0.277. The summed E-state index contributed by atoms with van der Waals surface area (Å²) >= 11 is 0. The van der Waals surface area contributed by atoms with E-state index in [9.17, 15) is 9.19 Å². The Hall–Kier alpha value is -1.53. The fraction of sp³-hybridized carbons (Fsp3) is 0.143. The van der Waals surface area contributed by atoms with Crippen molar-refractivity contribution in [2.45, 2.75) is 0 Å². The first-order valence-corrected chi connectivity index (χ1v) is 7.54. The van der Waals surface area contributed by atoms with Gasteiger partial charge in [-0.1, -0.05) is 36.4 Å². The first-order chi connectivity index (χ1) is 9.09. The molecule has 19 heavy (non-hydrogen) atoms. The van der Waals surface area contributed by atoms with Crippen LogP contribution < -0.4 is 5.19 Å². The van der Waals surface area contributed by atoms with E-state index in [2.05, 4.69) is 0 Å². The summed E-state index contributed by atoms with van der Waals surface area (Å²) in [6, 6.07) is 13.4. The zero-order valence-electron chi connectivity index (χ0n) is 10.8. The zero-order chi connectivity index (χ0) is 13.9. The van der Waals surface area contributed by atoms with E-state index in [1.165, 1.54) is 26.4 Å². The second-order valence-corrected chi connectivity index (χ2v) is 6.64. The molecule has 100 valence electrons. The third-order valence-electron chi connectivity index (χ3n) is 2.96. The normalized spacial score (nSPS) is 11.6. The van der Waals surface area contributed by atoms with Crippen molar-refractivity contribution in [3.8, 4) is 11.1 Å². The van der Waals surface area contributed by atoms with Crippen molar-refractivity contribution < 1.29 is 18.0 Å². The van der Waals surface area contributed by atoms with Crippen molar-refractivity contribution in [2.75, 3.05) is 14.2 Å². The average Bonchev–Trinajstić information content (AvgIpc) is 2.46. The SMILES string of the molecule is CO[Si](O)(OC)c1ccc(-c2cccc(F)c2)cc1. The molecule has 0 aromatic heterocycles. The molecule has 0 spiro atoms. The molecule has 0 aliphatic carbocycles. The molecule has 0 aliphatic heterocycles. The predicted octanol–water partition coefficient (Wildman–Crippen LogP) is 1.92. The van der Waals surface area contributed by atoms with Crippen LogP contribution in [0, 0.1) is 5.82 Å². The van der Waals surface area contributed by atoms with E-state index in [0.29, 0.717) is 5.19 Å². The second kappa shape index (κ2) is 5.62. The van der Waals surface area contributed by atoms with E-state index < -0.39 is 8.80 Å². The van der Waals surface area contributed by atoms with Crippen LogP contribution in [-0.2, 0) is 8.85 Å². The summed E-state index contributed by atoms with van der Waals surface area (Å²) in [6.45, 7) is 0. The Balaban J connectivity index is 2.33. The lowest BCUT2D eigenvalue weighted by atomic mass is 10.1. The molecule has 0 radical (unpaired) electrons. The summed E-state index contributed by atoms with van der Waals surface area (Å²) in [4.78, 5) is 10.1. The molecule has 0 saturated carbocycles. The molecule has 1 N–H and O–H groups in total. The van der Waals surface area contributed by atoms with E-state index >= 15 is 0 Å². The minimum Gasteiger partial charge on any atom is -0.386 e. The van der Waals surface area contributed by atoms with Crippen LogP contribution in [0.25, 0.3) is 11.1 Å². The van der Waals surface area contributed by atoms with Gasteiger partial charge in [0, 0.05) is 19.4 Å². The van der Waals surface area contributed by atoms with Crippen LogP contribution in [0.5, 0.6) is 0 Å². The first kappa shape index (κ1) is 13.9. The van der Waals surface area contributed by atoms with Crippen LogP contribution in [0.3, 0.4) is 0 Å². The van der Waals surface area contributed by atoms with Gasteiger partial charge in [0.15, 0.2) is 0 Å². The van der Waals surface area contributed by atoms with Gasteiger partial charge in [-0.2, -0.15) is 0 Å². The summed E-state index contributed by atoms with van der Waals surface area (Å²) in [6.07, 6.45) is 0. The van der Waals surface area contributed by atoms with Gasteiger partial charge in [0.05, 0.1) is 0 Å². The Morgan fingerprint density at radius 1 is 0.947 bits per heavy atom. The molecular weight excluding hydrogens is 263 g/mol. The van der Waals surface area contributed by atoms with Gasteiger partial charge >= 0.3 is 8.80 Å². The van der Waals surface area contributed by atoms with Gasteiger partial charge in [-0.3, -0.25) is 0 Å². The zero-order valence-corrected chi connectivity index (χ0v) is 11.8. The van der Waals surface area contributed by atoms with Crippen LogP contribution in [-0.4, -0.2) is 27.8 Å². The molecule has 2 aromatic carbocycles. The van der Waals surface area contributed by atoms with Gasteiger partial charge in [0.25, 0.3) is 0 Å². The maximum absolute atomic E-state index is 13.2. The summed E-state index contributed by atoms with van der Waals surface area (Å²) in [7, 11) is -0.456. The highest BCUT2D eigenvalue weighted by Crippen LogP contribution is 2.19. The summed E-state index contributed by atoms with van der Waals surface area (Å²) in [5.41, 5.74) is 1.65. The Bertz CT molecular complexity index is 553. The lowest BCUT2D eigenvalue weighted by Crippen LogP contribution is -2.52. The molecule has 0 saturated heterocycles. The van der Waals surface area contributed by atoms with Gasteiger partial charge in [-0.15, -0.1) is 0 Å². The molecule has 0 aliphatic rings. The van der Waals surface area contributed by atoms with Gasteiger partial charge in [-0.25, -0.2) is 4.39 Å². The highest BCUT2D eigenvalue weighted by Gasteiger charge is 2.37. The average molecular weight is 278 g/mol. The van der Waals surface area contributed by atoms with Gasteiger partial charge < -0.3 is 13.6 Å². The molecular formula is C14H15FO3Si. The fourth-order valence-corrected chi connectivity index (χ4v) is 3.09.